The first-order valence-electron chi connectivity index (χ1n) is 7.77. The first-order chi connectivity index (χ1) is 8.69. The molecule has 0 radical (unpaired) electrons. The van der Waals surface area contributed by atoms with Crippen molar-refractivity contribution in [2.24, 2.45) is 23.2 Å². The largest absolute Gasteiger partial charge is 0.393 e. The molecule has 4 aliphatic rings. The Balaban J connectivity index is 1.59. The number of rotatable bonds is 4. The fraction of sp³-hybridized carbons (Fsp3) is 0.882. The van der Waals surface area contributed by atoms with Crippen molar-refractivity contribution in [1.82, 2.24) is 0 Å². The first-order valence-corrected chi connectivity index (χ1v) is 7.77. The maximum absolute atomic E-state index is 10.3. The van der Waals surface area contributed by atoms with Gasteiger partial charge in [0.2, 0.25) is 0 Å². The van der Waals surface area contributed by atoms with Crippen LogP contribution in [0.15, 0.2) is 0 Å². The standard InChI is InChI=1S/C17H26O/c1-2-3-4-5-16(18)12-17-9-13-6-14(10-17)8-15(7-13)11-17/h13-16,18H,4-12H2,1H3. The number of aliphatic hydroxyl groups excluding tert-OH is 1. The molecule has 1 atom stereocenters. The van der Waals surface area contributed by atoms with E-state index in [0.29, 0.717) is 5.41 Å². The Morgan fingerprint density at radius 2 is 1.67 bits per heavy atom. The van der Waals surface area contributed by atoms with Gasteiger partial charge in [0, 0.05) is 6.42 Å². The average Bonchev–Trinajstić information content (AvgIpc) is 2.26. The lowest BCUT2D eigenvalue weighted by molar-refractivity contribution is -0.0764. The Bertz CT molecular complexity index is 324. The molecule has 4 saturated carbocycles. The van der Waals surface area contributed by atoms with Crippen molar-refractivity contribution >= 4 is 0 Å². The molecule has 0 aromatic rings. The van der Waals surface area contributed by atoms with Crippen LogP contribution < -0.4 is 0 Å². The highest BCUT2D eigenvalue weighted by Crippen LogP contribution is 2.61. The van der Waals surface area contributed by atoms with Gasteiger partial charge in [-0.2, -0.15) is 0 Å². The van der Waals surface area contributed by atoms with Gasteiger partial charge >= 0.3 is 0 Å². The van der Waals surface area contributed by atoms with E-state index in [1.165, 1.54) is 38.5 Å². The van der Waals surface area contributed by atoms with Gasteiger partial charge in [-0.1, -0.05) is 0 Å². The molecule has 0 aromatic carbocycles. The van der Waals surface area contributed by atoms with Gasteiger partial charge in [-0.3, -0.25) is 0 Å². The minimum Gasteiger partial charge on any atom is -0.393 e. The van der Waals surface area contributed by atoms with E-state index in [4.69, 9.17) is 0 Å². The van der Waals surface area contributed by atoms with Crippen molar-refractivity contribution in [3.05, 3.63) is 0 Å². The summed E-state index contributed by atoms with van der Waals surface area (Å²) in [5.41, 5.74) is 0.522. The van der Waals surface area contributed by atoms with Crippen LogP contribution in [0, 0.1) is 35.0 Å². The van der Waals surface area contributed by atoms with Gasteiger partial charge in [0.25, 0.3) is 0 Å². The molecule has 4 bridgehead atoms. The summed E-state index contributed by atoms with van der Waals surface area (Å²) >= 11 is 0. The van der Waals surface area contributed by atoms with E-state index in [9.17, 15) is 5.11 Å². The van der Waals surface area contributed by atoms with E-state index in [1.807, 2.05) is 6.92 Å². The third-order valence-electron chi connectivity index (χ3n) is 5.61. The molecule has 4 fully saturated rings. The Morgan fingerprint density at radius 3 is 2.17 bits per heavy atom. The molecule has 0 saturated heterocycles. The van der Waals surface area contributed by atoms with Crippen LogP contribution in [0.4, 0.5) is 0 Å². The summed E-state index contributed by atoms with van der Waals surface area (Å²) in [7, 11) is 0. The number of aliphatic hydroxyl groups is 1. The van der Waals surface area contributed by atoms with Gasteiger partial charge in [-0.05, 0) is 81.5 Å². The zero-order valence-corrected chi connectivity index (χ0v) is 11.6. The van der Waals surface area contributed by atoms with Crippen molar-refractivity contribution in [2.45, 2.75) is 70.8 Å². The number of hydrogen-bond donors (Lipinski definition) is 1. The fourth-order valence-corrected chi connectivity index (χ4v) is 5.51. The number of hydrogen-bond acceptors (Lipinski definition) is 1. The third-order valence-corrected chi connectivity index (χ3v) is 5.61. The quantitative estimate of drug-likeness (QED) is 0.749. The summed E-state index contributed by atoms with van der Waals surface area (Å²) in [5, 5.41) is 10.3. The molecule has 18 heavy (non-hydrogen) atoms. The van der Waals surface area contributed by atoms with Crippen LogP contribution >= 0.6 is 0 Å². The maximum atomic E-state index is 10.3. The molecule has 0 heterocycles. The highest BCUT2D eigenvalue weighted by atomic mass is 16.3. The van der Waals surface area contributed by atoms with Gasteiger partial charge < -0.3 is 5.11 Å². The predicted molar refractivity (Wildman–Crippen MR) is 73.9 cm³/mol. The third kappa shape index (κ3) is 2.45. The topological polar surface area (TPSA) is 20.2 Å². The summed E-state index contributed by atoms with van der Waals surface area (Å²) in [6.45, 7) is 1.88. The molecule has 0 aliphatic heterocycles. The van der Waals surface area contributed by atoms with Crippen LogP contribution in [0.3, 0.4) is 0 Å². The Kier molecular flexibility index (Phi) is 3.41. The second kappa shape index (κ2) is 4.89. The Hall–Kier alpha value is -0.480. The van der Waals surface area contributed by atoms with Crippen LogP contribution in [-0.2, 0) is 0 Å². The van der Waals surface area contributed by atoms with Gasteiger partial charge in [-0.15, -0.1) is 11.8 Å². The molecule has 100 valence electrons. The first kappa shape index (κ1) is 12.5. The van der Waals surface area contributed by atoms with Crippen LogP contribution in [0.1, 0.15) is 64.7 Å². The van der Waals surface area contributed by atoms with E-state index in [1.54, 1.807) is 0 Å². The molecule has 1 unspecified atom stereocenters. The van der Waals surface area contributed by atoms with Gasteiger partial charge in [0.1, 0.15) is 0 Å². The van der Waals surface area contributed by atoms with Crippen molar-refractivity contribution < 1.29 is 5.11 Å². The minimum atomic E-state index is -0.109. The summed E-state index contributed by atoms with van der Waals surface area (Å²) in [4.78, 5) is 0. The second-order valence-corrected chi connectivity index (χ2v) is 7.24. The van der Waals surface area contributed by atoms with E-state index in [2.05, 4.69) is 11.8 Å². The Morgan fingerprint density at radius 1 is 1.11 bits per heavy atom. The normalized spacial score (nSPS) is 42.4. The zero-order valence-electron chi connectivity index (χ0n) is 11.6. The lowest BCUT2D eigenvalue weighted by atomic mass is 9.48. The van der Waals surface area contributed by atoms with Gasteiger partial charge in [0.05, 0.1) is 6.10 Å². The fourth-order valence-electron chi connectivity index (χ4n) is 5.51. The molecule has 1 N–H and O–H groups in total. The highest BCUT2D eigenvalue weighted by molar-refractivity contribution is 5.02. The molecule has 4 rings (SSSR count). The van der Waals surface area contributed by atoms with Crippen LogP contribution in [-0.4, -0.2) is 11.2 Å². The van der Waals surface area contributed by atoms with Crippen LogP contribution in [0.25, 0.3) is 0 Å². The summed E-state index contributed by atoms with van der Waals surface area (Å²) in [6, 6.07) is 0. The molecule has 0 amide bonds. The van der Waals surface area contributed by atoms with Crippen molar-refractivity contribution in [1.29, 1.82) is 0 Å². The van der Waals surface area contributed by atoms with E-state index >= 15 is 0 Å². The van der Waals surface area contributed by atoms with Crippen molar-refractivity contribution in [3.8, 4) is 11.8 Å². The smallest absolute Gasteiger partial charge is 0.0554 e. The maximum Gasteiger partial charge on any atom is 0.0554 e. The average molecular weight is 246 g/mol. The zero-order chi connectivity index (χ0) is 12.6. The van der Waals surface area contributed by atoms with E-state index in [0.717, 1.165) is 37.0 Å². The summed E-state index contributed by atoms with van der Waals surface area (Å²) in [5.74, 6) is 9.00. The monoisotopic (exact) mass is 246 g/mol. The lowest BCUT2D eigenvalue weighted by Crippen LogP contribution is -2.47. The van der Waals surface area contributed by atoms with Gasteiger partial charge in [-0.25, -0.2) is 0 Å². The molecular formula is C17H26O. The minimum absolute atomic E-state index is 0.109. The van der Waals surface area contributed by atoms with Crippen molar-refractivity contribution in [2.75, 3.05) is 0 Å². The second-order valence-electron chi connectivity index (χ2n) is 7.24. The van der Waals surface area contributed by atoms with E-state index in [-0.39, 0.29) is 6.10 Å². The molecule has 1 heteroatoms. The van der Waals surface area contributed by atoms with Crippen molar-refractivity contribution in [3.63, 3.8) is 0 Å². The molecule has 1 nitrogen and oxygen atoms in total. The highest BCUT2D eigenvalue weighted by Gasteiger charge is 2.51. The predicted octanol–water partition coefficient (Wildman–Crippen LogP) is 3.76. The van der Waals surface area contributed by atoms with E-state index < -0.39 is 0 Å². The molecule has 0 aromatic heterocycles. The lowest BCUT2D eigenvalue weighted by Gasteiger charge is -2.57. The molecular weight excluding hydrogens is 220 g/mol. The Labute approximate surface area is 111 Å². The summed E-state index contributed by atoms with van der Waals surface area (Å²) < 4.78 is 0. The summed E-state index contributed by atoms with van der Waals surface area (Å²) in [6.07, 6.45) is 11.4. The molecule has 0 spiro atoms. The van der Waals surface area contributed by atoms with Crippen LogP contribution in [0.2, 0.25) is 0 Å². The SMILES string of the molecule is CC#CCCC(O)CC12CC3CC(CC(C3)C1)C2. The van der Waals surface area contributed by atoms with Crippen LogP contribution in [0.5, 0.6) is 0 Å². The molecule has 4 aliphatic carbocycles. The van der Waals surface area contributed by atoms with Gasteiger partial charge in [0.15, 0.2) is 0 Å².